The topological polar surface area (TPSA) is 68.3 Å². The summed E-state index contributed by atoms with van der Waals surface area (Å²) in [5.74, 6) is 0. The average Bonchev–Trinajstić information content (AvgIpc) is 3.12. The molecule has 0 radical (unpaired) electrons. The van der Waals surface area contributed by atoms with Crippen molar-refractivity contribution in [2.45, 2.75) is 41.5 Å². The molecule has 0 bridgehead atoms. The molecule has 0 amide bonds. The normalized spacial score (nSPS) is 11.1. The number of carbonyl (C=O) groups is 2. The van der Waals surface area contributed by atoms with Crippen molar-refractivity contribution in [3.8, 4) is 22.3 Å². The van der Waals surface area contributed by atoms with Crippen molar-refractivity contribution in [2.75, 3.05) is 0 Å². The molecule has 250 valence electrons. The molecule has 6 rings (SSSR count). The zero-order valence-corrected chi connectivity index (χ0v) is 31.2. The minimum atomic E-state index is -3.44. The first-order chi connectivity index (χ1) is 24.0. The van der Waals surface area contributed by atoms with Gasteiger partial charge in [-0.1, -0.05) is 144 Å². The lowest BCUT2D eigenvalue weighted by molar-refractivity contribution is 0.107. The van der Waals surface area contributed by atoms with Gasteiger partial charge >= 0.3 is 14.0 Å². The van der Waals surface area contributed by atoms with Crippen LogP contribution in [0.2, 0.25) is 0 Å². The Hall–Kier alpha value is -5.01. The Labute approximate surface area is 296 Å². The smallest absolute Gasteiger partial charge is 0.305 e. The summed E-state index contributed by atoms with van der Waals surface area (Å²) >= 11 is 0. The summed E-state index contributed by atoms with van der Waals surface area (Å²) < 4.78 is 25.6. The van der Waals surface area contributed by atoms with Crippen LogP contribution in [0.15, 0.2) is 133 Å². The Bertz CT molecular complexity index is 2090. The largest absolute Gasteiger partial charge is 0.406 e. The van der Waals surface area contributed by atoms with E-state index >= 15 is 0 Å². The standard InChI is InChI=1S/C22H21O2P.C22H19O2P/c1-16-14-17(2)21(18(3)15-16)22(23)25(24,19-10-6-4-7-11-19)20-12-8-5-9-13-20;1-14-19(17-10-6-4-7-11-17)15(2)21(22(23)25-24)16(3)20(14)18-12-8-5-9-13-18/h4-15H,1-3H3;4-13H,1-3H3/p+1. The highest BCUT2D eigenvalue weighted by molar-refractivity contribution is 7.93. The van der Waals surface area contributed by atoms with Gasteiger partial charge in [-0.2, -0.15) is 0 Å². The molecule has 0 spiro atoms. The van der Waals surface area contributed by atoms with Crippen LogP contribution >= 0.6 is 15.6 Å². The van der Waals surface area contributed by atoms with Crippen molar-refractivity contribution in [2.24, 2.45) is 0 Å². The number of aryl methyl sites for hydroxylation is 3. The van der Waals surface area contributed by atoms with Crippen molar-refractivity contribution in [1.29, 1.82) is 0 Å². The van der Waals surface area contributed by atoms with Crippen molar-refractivity contribution in [1.82, 2.24) is 0 Å². The third-order valence-corrected chi connectivity index (χ3v) is 12.4. The van der Waals surface area contributed by atoms with E-state index in [-0.39, 0.29) is 11.0 Å². The van der Waals surface area contributed by atoms with Gasteiger partial charge < -0.3 is 4.57 Å². The van der Waals surface area contributed by atoms with Crippen molar-refractivity contribution in [3.05, 3.63) is 178 Å². The van der Waals surface area contributed by atoms with E-state index in [2.05, 4.69) is 6.92 Å². The Morgan fingerprint density at radius 3 is 1.22 bits per heavy atom. The fourth-order valence-corrected chi connectivity index (χ4v) is 10.1. The number of hydrogen-bond acceptors (Lipinski definition) is 4. The summed E-state index contributed by atoms with van der Waals surface area (Å²) in [7, 11) is -4.43. The number of rotatable bonds is 8. The Morgan fingerprint density at radius 2 is 0.860 bits per heavy atom. The summed E-state index contributed by atoms with van der Waals surface area (Å²) in [5.41, 5.74) is 10.5. The van der Waals surface area contributed by atoms with Crippen LogP contribution in [-0.2, 0) is 9.13 Å². The maximum absolute atomic E-state index is 14.2. The van der Waals surface area contributed by atoms with Gasteiger partial charge in [0.25, 0.3) is 0 Å². The van der Waals surface area contributed by atoms with Crippen molar-refractivity contribution in [3.63, 3.8) is 0 Å². The molecule has 1 unspecified atom stereocenters. The van der Waals surface area contributed by atoms with Gasteiger partial charge in [-0.05, 0) is 91.6 Å². The van der Waals surface area contributed by atoms with E-state index < -0.39 is 15.6 Å². The van der Waals surface area contributed by atoms with Gasteiger partial charge in [0.1, 0.15) is 0 Å². The summed E-state index contributed by atoms with van der Waals surface area (Å²) in [6.07, 6.45) is 0. The minimum absolute atomic E-state index is 0.292. The summed E-state index contributed by atoms with van der Waals surface area (Å²) in [5, 5.41) is 1.15. The van der Waals surface area contributed by atoms with Crippen molar-refractivity contribution < 1.29 is 18.7 Å². The first-order valence-corrected chi connectivity index (χ1v) is 19.1. The van der Waals surface area contributed by atoms with Crippen LogP contribution in [0.3, 0.4) is 0 Å². The SMILES string of the molecule is Cc1c(C(=O)[PH+]=O)c(C)c(-c2ccccc2)c(C)c1-c1ccccc1.Cc1cc(C)c(C(=O)P(=O)(c2ccccc2)c2ccccc2)c(C)c1. The van der Waals surface area contributed by atoms with E-state index in [1.165, 1.54) is 0 Å². The summed E-state index contributed by atoms with van der Waals surface area (Å²) in [4.78, 5) is 26.0. The number of benzene rings is 6. The molecule has 4 nitrogen and oxygen atoms in total. The average molecular weight is 696 g/mol. The first kappa shape index (κ1) is 36.3. The van der Waals surface area contributed by atoms with Crippen LogP contribution < -0.4 is 10.6 Å². The van der Waals surface area contributed by atoms with Gasteiger partial charge in [-0.15, -0.1) is 0 Å². The molecule has 6 aromatic rings. The zero-order valence-electron chi connectivity index (χ0n) is 29.3. The monoisotopic (exact) mass is 695 g/mol. The van der Waals surface area contributed by atoms with Gasteiger partial charge in [0.05, 0.1) is 5.56 Å². The Balaban J connectivity index is 0.000000194. The fourth-order valence-electron chi connectivity index (χ4n) is 7.02. The zero-order chi connectivity index (χ0) is 36.0. The molecule has 0 N–H and O–H groups in total. The molecule has 0 aromatic heterocycles. The molecule has 0 aliphatic heterocycles. The van der Waals surface area contributed by atoms with Gasteiger partial charge in [0.2, 0.25) is 12.7 Å². The fraction of sp³-hybridized carbons (Fsp3) is 0.136. The molecule has 0 aliphatic rings. The Kier molecular flexibility index (Phi) is 11.4. The van der Waals surface area contributed by atoms with E-state index in [1.807, 2.05) is 144 Å². The molecule has 50 heavy (non-hydrogen) atoms. The third kappa shape index (κ3) is 7.15. The number of hydrogen-bond donors (Lipinski definition) is 0. The van der Waals surface area contributed by atoms with Gasteiger partial charge in [-0.25, -0.2) is 4.79 Å². The molecule has 0 saturated carbocycles. The maximum Gasteiger partial charge on any atom is 0.406 e. The molecule has 6 heteroatoms. The molecule has 0 saturated heterocycles. The Morgan fingerprint density at radius 1 is 0.500 bits per heavy atom. The second-order valence-electron chi connectivity index (χ2n) is 12.5. The van der Waals surface area contributed by atoms with E-state index in [9.17, 15) is 18.7 Å². The molecule has 6 aromatic carbocycles. The second-order valence-corrected chi connectivity index (χ2v) is 15.8. The molecule has 1 atom stereocenters. The van der Waals surface area contributed by atoms with Gasteiger partial charge in [-0.3, -0.25) is 4.79 Å². The first-order valence-electron chi connectivity index (χ1n) is 16.5. The van der Waals surface area contributed by atoms with E-state index in [0.29, 0.717) is 21.7 Å². The molecular formula is C44H41O4P2+. The lowest BCUT2D eigenvalue weighted by Gasteiger charge is -2.20. The lowest BCUT2D eigenvalue weighted by atomic mass is 9.83. The van der Waals surface area contributed by atoms with Crippen molar-refractivity contribution >= 4 is 37.3 Å². The highest BCUT2D eigenvalue weighted by Gasteiger charge is 2.38. The van der Waals surface area contributed by atoms with Gasteiger partial charge in [0, 0.05) is 16.2 Å². The lowest BCUT2D eigenvalue weighted by Crippen LogP contribution is -2.23. The highest BCUT2D eigenvalue weighted by Crippen LogP contribution is 2.48. The second kappa shape index (κ2) is 15.7. The predicted molar refractivity (Wildman–Crippen MR) is 210 cm³/mol. The van der Waals surface area contributed by atoms with Gasteiger partial charge in [0.15, 0.2) is 0 Å². The van der Waals surface area contributed by atoms with Crippen LogP contribution in [0.25, 0.3) is 22.3 Å². The molecule has 0 fully saturated rings. The quantitative estimate of drug-likeness (QED) is 0.149. The van der Waals surface area contributed by atoms with Crippen LogP contribution in [0.5, 0.6) is 0 Å². The van der Waals surface area contributed by atoms with Crippen LogP contribution in [-0.4, -0.2) is 11.0 Å². The minimum Gasteiger partial charge on any atom is -0.305 e. The maximum atomic E-state index is 14.2. The molecule has 0 heterocycles. The summed E-state index contributed by atoms with van der Waals surface area (Å²) in [6, 6.07) is 42.2. The highest BCUT2D eigenvalue weighted by atomic mass is 31.2. The van der Waals surface area contributed by atoms with Crippen LogP contribution in [0.1, 0.15) is 54.1 Å². The third-order valence-electron chi connectivity index (χ3n) is 9.11. The molecule has 0 aliphatic carbocycles. The summed E-state index contributed by atoms with van der Waals surface area (Å²) in [6.45, 7) is 11.8. The van der Waals surface area contributed by atoms with E-state index in [0.717, 1.165) is 55.6 Å². The predicted octanol–water partition coefficient (Wildman–Crippen LogP) is 10.9. The molecular weight excluding hydrogens is 654 g/mol. The number of carbonyl (C=O) groups excluding carboxylic acids is 2. The van der Waals surface area contributed by atoms with Crippen LogP contribution in [0.4, 0.5) is 0 Å². The van der Waals surface area contributed by atoms with E-state index in [1.54, 1.807) is 24.3 Å². The van der Waals surface area contributed by atoms with Crippen LogP contribution in [0, 0.1) is 41.5 Å². The van der Waals surface area contributed by atoms with E-state index in [4.69, 9.17) is 0 Å².